The van der Waals surface area contributed by atoms with Gasteiger partial charge in [0.1, 0.15) is 12.0 Å². The molecule has 0 saturated heterocycles. The van der Waals surface area contributed by atoms with E-state index in [0.29, 0.717) is 19.0 Å². The molecule has 1 aromatic rings. The molecule has 20 heavy (non-hydrogen) atoms. The van der Waals surface area contributed by atoms with Crippen LogP contribution in [0.5, 0.6) is 0 Å². The van der Waals surface area contributed by atoms with Crippen LogP contribution in [-0.4, -0.2) is 29.3 Å². The van der Waals surface area contributed by atoms with E-state index in [2.05, 4.69) is 10.1 Å². The smallest absolute Gasteiger partial charge is 0.318 e. The number of hydrogen-bond donors (Lipinski definition) is 0. The highest BCUT2D eigenvalue weighted by molar-refractivity contribution is 5.76. The van der Waals surface area contributed by atoms with Crippen molar-refractivity contribution in [1.29, 1.82) is 0 Å². The maximum atomic E-state index is 11.7. The molecule has 1 rings (SSSR count). The van der Waals surface area contributed by atoms with Crippen LogP contribution in [0.2, 0.25) is 0 Å². The molecule has 6 heteroatoms. The Morgan fingerprint density at radius 1 is 1.30 bits per heavy atom. The fraction of sp³-hybridized carbons (Fsp3) is 0.786. The van der Waals surface area contributed by atoms with Crippen LogP contribution in [0.1, 0.15) is 65.3 Å². The van der Waals surface area contributed by atoms with E-state index in [-0.39, 0.29) is 23.4 Å². The summed E-state index contributed by atoms with van der Waals surface area (Å²) in [6, 6.07) is 0. The van der Waals surface area contributed by atoms with Gasteiger partial charge in [0.15, 0.2) is 0 Å². The number of carbonyl (C=O) groups is 1. The molecular weight excluding hydrogens is 260 g/mol. The monoisotopic (exact) mass is 284 g/mol. The van der Waals surface area contributed by atoms with Crippen LogP contribution < -0.4 is 0 Å². The lowest BCUT2D eigenvalue weighted by Crippen LogP contribution is -2.22. The molecule has 1 aromatic heterocycles. The summed E-state index contributed by atoms with van der Waals surface area (Å²) in [4.78, 5) is 16.0. The minimum absolute atomic E-state index is 0.162. The molecule has 2 atom stereocenters. The first-order valence-electron chi connectivity index (χ1n) is 6.93. The van der Waals surface area contributed by atoms with Crippen LogP contribution in [0.4, 0.5) is 0 Å². The first kappa shape index (κ1) is 16.6. The SMILES string of the molecule is CCOC(=O)C(C)c1nc(C(OCC)C(C)(C)C)no1. The van der Waals surface area contributed by atoms with Crippen LogP contribution in [0.15, 0.2) is 4.52 Å². The van der Waals surface area contributed by atoms with Gasteiger partial charge in [-0.2, -0.15) is 4.98 Å². The molecule has 0 bridgehead atoms. The third-order valence-corrected chi connectivity index (χ3v) is 2.82. The van der Waals surface area contributed by atoms with E-state index in [1.807, 2.05) is 27.7 Å². The molecule has 0 N–H and O–H groups in total. The van der Waals surface area contributed by atoms with E-state index in [9.17, 15) is 4.79 Å². The van der Waals surface area contributed by atoms with Crippen LogP contribution in [0.3, 0.4) is 0 Å². The van der Waals surface area contributed by atoms with Crippen LogP contribution in [0, 0.1) is 5.41 Å². The van der Waals surface area contributed by atoms with Crippen molar-refractivity contribution in [2.75, 3.05) is 13.2 Å². The molecule has 114 valence electrons. The second-order valence-corrected chi connectivity index (χ2v) is 5.67. The summed E-state index contributed by atoms with van der Waals surface area (Å²) < 4.78 is 15.8. The fourth-order valence-electron chi connectivity index (χ4n) is 1.78. The van der Waals surface area contributed by atoms with Gasteiger partial charge in [-0.1, -0.05) is 25.9 Å². The predicted octanol–water partition coefficient (Wildman–Crippen LogP) is 2.86. The van der Waals surface area contributed by atoms with Crippen molar-refractivity contribution in [1.82, 2.24) is 10.1 Å². The van der Waals surface area contributed by atoms with Gasteiger partial charge in [-0.05, 0) is 26.2 Å². The van der Waals surface area contributed by atoms with Gasteiger partial charge in [0.2, 0.25) is 11.7 Å². The minimum Gasteiger partial charge on any atom is -0.465 e. The lowest BCUT2D eigenvalue weighted by atomic mass is 9.88. The Morgan fingerprint density at radius 2 is 1.95 bits per heavy atom. The van der Waals surface area contributed by atoms with Crippen LogP contribution in [-0.2, 0) is 14.3 Å². The highest BCUT2D eigenvalue weighted by Crippen LogP contribution is 2.34. The van der Waals surface area contributed by atoms with E-state index >= 15 is 0 Å². The number of aromatic nitrogens is 2. The number of esters is 1. The van der Waals surface area contributed by atoms with Crippen molar-refractivity contribution in [3.05, 3.63) is 11.7 Å². The van der Waals surface area contributed by atoms with Crippen LogP contribution in [0.25, 0.3) is 0 Å². The maximum absolute atomic E-state index is 11.7. The molecule has 0 spiro atoms. The summed E-state index contributed by atoms with van der Waals surface area (Å²) in [6.07, 6.45) is -0.278. The largest absolute Gasteiger partial charge is 0.465 e. The third-order valence-electron chi connectivity index (χ3n) is 2.82. The zero-order valence-electron chi connectivity index (χ0n) is 13.1. The standard InChI is InChI=1S/C14H24N2O4/c1-7-18-10(14(4,5)6)11-15-12(20-16-11)9(3)13(17)19-8-2/h9-10H,7-8H2,1-6H3. The number of carbonyl (C=O) groups excluding carboxylic acids is 1. The van der Waals surface area contributed by atoms with E-state index < -0.39 is 5.92 Å². The Labute approximate surface area is 119 Å². The van der Waals surface area contributed by atoms with Crippen molar-refractivity contribution in [3.63, 3.8) is 0 Å². The lowest BCUT2D eigenvalue weighted by molar-refractivity contribution is -0.145. The normalized spacial score (nSPS) is 14.9. The summed E-state index contributed by atoms with van der Waals surface area (Å²) in [7, 11) is 0. The third kappa shape index (κ3) is 4.03. The molecule has 0 saturated carbocycles. The summed E-state index contributed by atoms with van der Waals surface area (Å²) in [5.74, 6) is -0.220. The van der Waals surface area contributed by atoms with Crippen molar-refractivity contribution in [2.45, 2.75) is 53.6 Å². The molecule has 1 heterocycles. The second-order valence-electron chi connectivity index (χ2n) is 5.67. The molecule has 0 aromatic carbocycles. The van der Waals surface area contributed by atoms with Crippen molar-refractivity contribution >= 4 is 5.97 Å². The summed E-state index contributed by atoms with van der Waals surface area (Å²) in [5.41, 5.74) is -0.162. The number of rotatable bonds is 6. The minimum atomic E-state index is -0.571. The Balaban J connectivity index is 2.92. The number of hydrogen-bond acceptors (Lipinski definition) is 6. The first-order chi connectivity index (χ1) is 9.31. The first-order valence-corrected chi connectivity index (χ1v) is 6.93. The molecule has 0 fully saturated rings. The van der Waals surface area contributed by atoms with E-state index in [4.69, 9.17) is 14.0 Å². The van der Waals surface area contributed by atoms with E-state index in [1.54, 1.807) is 13.8 Å². The van der Waals surface area contributed by atoms with Crippen molar-refractivity contribution < 1.29 is 18.8 Å². The predicted molar refractivity (Wildman–Crippen MR) is 73.2 cm³/mol. The molecule has 0 amide bonds. The molecule has 2 unspecified atom stereocenters. The Bertz CT molecular complexity index is 437. The average molecular weight is 284 g/mol. The van der Waals surface area contributed by atoms with Gasteiger partial charge >= 0.3 is 5.97 Å². The summed E-state index contributed by atoms with van der Waals surface area (Å²) in [5, 5.41) is 3.95. The van der Waals surface area contributed by atoms with Gasteiger partial charge in [-0.3, -0.25) is 4.79 Å². The molecule has 0 aliphatic heterocycles. The van der Waals surface area contributed by atoms with Gasteiger partial charge in [0.05, 0.1) is 6.61 Å². The van der Waals surface area contributed by atoms with Gasteiger partial charge < -0.3 is 14.0 Å². The highest BCUT2D eigenvalue weighted by atomic mass is 16.5. The maximum Gasteiger partial charge on any atom is 0.318 e. The van der Waals surface area contributed by atoms with Crippen molar-refractivity contribution in [2.24, 2.45) is 5.41 Å². The molecular formula is C14H24N2O4. The highest BCUT2D eigenvalue weighted by Gasteiger charge is 2.33. The zero-order valence-corrected chi connectivity index (χ0v) is 13.1. The van der Waals surface area contributed by atoms with E-state index in [0.717, 1.165) is 0 Å². The van der Waals surface area contributed by atoms with E-state index in [1.165, 1.54) is 0 Å². The van der Waals surface area contributed by atoms with Gasteiger partial charge in [-0.15, -0.1) is 0 Å². The van der Waals surface area contributed by atoms with Gasteiger partial charge in [0.25, 0.3) is 0 Å². The number of nitrogens with zero attached hydrogens (tertiary/aromatic N) is 2. The molecule has 0 aliphatic carbocycles. The van der Waals surface area contributed by atoms with Crippen molar-refractivity contribution in [3.8, 4) is 0 Å². The Kier molecular flexibility index (Phi) is 5.68. The van der Waals surface area contributed by atoms with Gasteiger partial charge in [0, 0.05) is 6.61 Å². The molecule has 0 radical (unpaired) electrons. The Morgan fingerprint density at radius 3 is 2.45 bits per heavy atom. The average Bonchev–Trinajstić information content (AvgIpc) is 2.82. The molecule has 6 nitrogen and oxygen atoms in total. The zero-order chi connectivity index (χ0) is 15.3. The summed E-state index contributed by atoms with van der Waals surface area (Å²) >= 11 is 0. The fourth-order valence-corrected chi connectivity index (χ4v) is 1.78. The summed E-state index contributed by atoms with van der Waals surface area (Å²) in [6.45, 7) is 12.4. The quantitative estimate of drug-likeness (QED) is 0.748. The number of ether oxygens (including phenoxy) is 2. The molecule has 0 aliphatic rings. The van der Waals surface area contributed by atoms with Crippen LogP contribution >= 0.6 is 0 Å². The Hall–Kier alpha value is -1.43. The lowest BCUT2D eigenvalue weighted by Gasteiger charge is -2.27. The van der Waals surface area contributed by atoms with Gasteiger partial charge in [-0.25, -0.2) is 0 Å². The second kappa shape index (κ2) is 6.83. The topological polar surface area (TPSA) is 74.5 Å².